The van der Waals surface area contributed by atoms with Crippen LogP contribution in [0.2, 0.25) is 0 Å². The quantitative estimate of drug-likeness (QED) is 0.712. The average Bonchev–Trinajstić information content (AvgIpc) is 2.28. The van der Waals surface area contributed by atoms with Crippen molar-refractivity contribution in [2.75, 3.05) is 6.61 Å². The summed E-state index contributed by atoms with van der Waals surface area (Å²) in [5.41, 5.74) is -0.339. The molecule has 0 heterocycles. The standard InChI is InChI=1S/C10H12FNO5S/c1-6(5-13)12-18(16,17)9-4-7(10(14)15)2-3-8(9)11/h2-4,6,12-13H,5H2,1H3,(H,14,15)/t6-/m0/s1. The summed E-state index contributed by atoms with van der Waals surface area (Å²) in [4.78, 5) is 9.93. The molecule has 0 saturated heterocycles. The zero-order valence-electron chi connectivity index (χ0n) is 9.42. The molecule has 0 spiro atoms. The Hall–Kier alpha value is -1.51. The molecule has 1 aromatic carbocycles. The Kier molecular flexibility index (Phi) is 4.38. The third-order valence-corrected chi connectivity index (χ3v) is 3.70. The molecule has 0 aliphatic rings. The summed E-state index contributed by atoms with van der Waals surface area (Å²) in [5.74, 6) is -2.42. The van der Waals surface area contributed by atoms with Crippen LogP contribution in [0, 0.1) is 5.82 Å². The number of carboxylic acid groups (broad SMARTS) is 1. The van der Waals surface area contributed by atoms with Crippen molar-refractivity contribution in [3.63, 3.8) is 0 Å². The number of rotatable bonds is 5. The minimum Gasteiger partial charge on any atom is -0.478 e. The number of benzene rings is 1. The first-order valence-corrected chi connectivity index (χ1v) is 6.42. The number of nitrogens with one attached hydrogen (secondary N) is 1. The molecule has 6 nitrogen and oxygen atoms in total. The van der Waals surface area contributed by atoms with Gasteiger partial charge in [0.25, 0.3) is 0 Å². The SMILES string of the molecule is C[C@@H](CO)NS(=O)(=O)c1cc(C(=O)O)ccc1F. The largest absolute Gasteiger partial charge is 0.478 e. The molecule has 1 aromatic rings. The number of hydrogen-bond donors (Lipinski definition) is 3. The van der Waals surface area contributed by atoms with Gasteiger partial charge in [-0.25, -0.2) is 22.3 Å². The zero-order valence-corrected chi connectivity index (χ0v) is 10.2. The molecule has 3 N–H and O–H groups in total. The lowest BCUT2D eigenvalue weighted by atomic mass is 10.2. The number of aliphatic hydroxyl groups excluding tert-OH is 1. The summed E-state index contributed by atoms with van der Waals surface area (Å²) >= 11 is 0. The fraction of sp³-hybridized carbons (Fsp3) is 0.300. The van der Waals surface area contributed by atoms with E-state index in [0.29, 0.717) is 0 Å². The highest BCUT2D eigenvalue weighted by molar-refractivity contribution is 7.89. The monoisotopic (exact) mass is 277 g/mol. The Morgan fingerprint density at radius 2 is 2.11 bits per heavy atom. The maximum Gasteiger partial charge on any atom is 0.335 e. The number of aromatic carboxylic acids is 1. The van der Waals surface area contributed by atoms with Gasteiger partial charge in [-0.15, -0.1) is 0 Å². The Morgan fingerprint density at radius 3 is 2.61 bits per heavy atom. The van der Waals surface area contributed by atoms with Crippen molar-refractivity contribution in [3.8, 4) is 0 Å². The lowest BCUT2D eigenvalue weighted by Gasteiger charge is -2.12. The van der Waals surface area contributed by atoms with Gasteiger partial charge in [-0.3, -0.25) is 0 Å². The lowest BCUT2D eigenvalue weighted by molar-refractivity contribution is 0.0696. The first-order valence-electron chi connectivity index (χ1n) is 4.94. The highest BCUT2D eigenvalue weighted by Gasteiger charge is 2.22. The third kappa shape index (κ3) is 3.25. The van der Waals surface area contributed by atoms with Gasteiger partial charge in [0.15, 0.2) is 0 Å². The Morgan fingerprint density at radius 1 is 1.50 bits per heavy atom. The van der Waals surface area contributed by atoms with E-state index >= 15 is 0 Å². The van der Waals surface area contributed by atoms with Crippen molar-refractivity contribution in [2.45, 2.75) is 17.9 Å². The molecule has 1 rings (SSSR count). The van der Waals surface area contributed by atoms with E-state index in [2.05, 4.69) is 0 Å². The predicted octanol–water partition coefficient (Wildman–Crippen LogP) is 0.183. The van der Waals surface area contributed by atoms with Gasteiger partial charge in [0, 0.05) is 6.04 Å². The van der Waals surface area contributed by atoms with E-state index in [-0.39, 0.29) is 5.56 Å². The first-order chi connectivity index (χ1) is 8.27. The molecular weight excluding hydrogens is 265 g/mol. The van der Waals surface area contributed by atoms with Crippen molar-refractivity contribution < 1.29 is 27.8 Å². The topological polar surface area (TPSA) is 104 Å². The van der Waals surface area contributed by atoms with Gasteiger partial charge in [-0.2, -0.15) is 0 Å². The van der Waals surface area contributed by atoms with E-state index in [1.807, 2.05) is 4.72 Å². The molecule has 0 saturated carbocycles. The van der Waals surface area contributed by atoms with Gasteiger partial charge in [0.1, 0.15) is 10.7 Å². The van der Waals surface area contributed by atoms with Crippen LogP contribution < -0.4 is 4.72 Å². The first kappa shape index (κ1) is 14.6. The number of hydrogen-bond acceptors (Lipinski definition) is 4. The molecule has 0 radical (unpaired) electrons. The minimum absolute atomic E-state index is 0.339. The van der Waals surface area contributed by atoms with Crippen LogP contribution in [0.15, 0.2) is 23.1 Å². The van der Waals surface area contributed by atoms with Gasteiger partial charge < -0.3 is 10.2 Å². The zero-order chi connectivity index (χ0) is 13.9. The van der Waals surface area contributed by atoms with Crippen LogP contribution in [0.4, 0.5) is 4.39 Å². The van der Waals surface area contributed by atoms with Gasteiger partial charge in [-0.05, 0) is 25.1 Å². The van der Waals surface area contributed by atoms with E-state index in [4.69, 9.17) is 10.2 Å². The molecule has 0 bridgehead atoms. The molecular formula is C10H12FNO5S. The third-order valence-electron chi connectivity index (χ3n) is 2.10. The second kappa shape index (κ2) is 5.42. The molecule has 1 atom stereocenters. The maximum absolute atomic E-state index is 13.4. The van der Waals surface area contributed by atoms with Crippen LogP contribution in [-0.2, 0) is 10.0 Å². The maximum atomic E-state index is 13.4. The molecule has 18 heavy (non-hydrogen) atoms. The molecule has 0 unspecified atom stereocenters. The molecule has 0 aliphatic heterocycles. The van der Waals surface area contributed by atoms with Gasteiger partial charge in [0.2, 0.25) is 10.0 Å². The molecule has 0 amide bonds. The Bertz CT molecular complexity index is 557. The van der Waals surface area contributed by atoms with Crippen LogP contribution in [0.25, 0.3) is 0 Å². The fourth-order valence-electron chi connectivity index (χ4n) is 1.21. The van der Waals surface area contributed by atoms with Crippen molar-refractivity contribution in [1.29, 1.82) is 0 Å². The van der Waals surface area contributed by atoms with Crippen molar-refractivity contribution in [1.82, 2.24) is 4.72 Å². The number of halogens is 1. The van der Waals surface area contributed by atoms with E-state index in [9.17, 15) is 17.6 Å². The predicted molar refractivity (Wildman–Crippen MR) is 60.2 cm³/mol. The summed E-state index contributed by atoms with van der Waals surface area (Å²) in [7, 11) is -4.21. The summed E-state index contributed by atoms with van der Waals surface area (Å²) in [6.45, 7) is 0.927. The summed E-state index contributed by atoms with van der Waals surface area (Å²) < 4.78 is 38.9. The van der Waals surface area contributed by atoms with E-state index in [1.165, 1.54) is 6.92 Å². The van der Waals surface area contributed by atoms with E-state index in [0.717, 1.165) is 18.2 Å². The highest BCUT2D eigenvalue weighted by Crippen LogP contribution is 2.16. The number of sulfonamides is 1. The summed E-state index contributed by atoms with van der Waals surface area (Å²) in [5, 5.41) is 17.5. The summed E-state index contributed by atoms with van der Waals surface area (Å²) in [6.07, 6.45) is 0. The van der Waals surface area contributed by atoms with E-state index < -0.39 is 39.4 Å². The van der Waals surface area contributed by atoms with Crippen molar-refractivity contribution in [2.24, 2.45) is 0 Å². The van der Waals surface area contributed by atoms with Crippen LogP contribution in [0.3, 0.4) is 0 Å². The second-order valence-corrected chi connectivity index (χ2v) is 5.34. The number of carboxylic acids is 1. The Labute approximate surface area is 103 Å². The second-order valence-electron chi connectivity index (χ2n) is 3.66. The van der Waals surface area contributed by atoms with Gasteiger partial charge in [-0.1, -0.05) is 0 Å². The summed E-state index contributed by atoms with van der Waals surface area (Å²) in [6, 6.07) is 1.65. The highest BCUT2D eigenvalue weighted by atomic mass is 32.2. The van der Waals surface area contributed by atoms with Gasteiger partial charge >= 0.3 is 5.97 Å². The van der Waals surface area contributed by atoms with Crippen LogP contribution >= 0.6 is 0 Å². The number of aliphatic hydroxyl groups is 1. The van der Waals surface area contributed by atoms with Gasteiger partial charge in [0.05, 0.1) is 12.2 Å². The minimum atomic E-state index is -4.21. The smallest absolute Gasteiger partial charge is 0.335 e. The van der Waals surface area contributed by atoms with Crippen molar-refractivity contribution in [3.05, 3.63) is 29.6 Å². The normalized spacial score (nSPS) is 13.3. The van der Waals surface area contributed by atoms with Crippen LogP contribution in [0.5, 0.6) is 0 Å². The van der Waals surface area contributed by atoms with Crippen LogP contribution in [-0.4, -0.2) is 37.2 Å². The van der Waals surface area contributed by atoms with Crippen LogP contribution in [0.1, 0.15) is 17.3 Å². The molecule has 100 valence electrons. The lowest BCUT2D eigenvalue weighted by Crippen LogP contribution is -2.35. The average molecular weight is 277 g/mol. The Balaban J connectivity index is 3.23. The fourth-order valence-corrected chi connectivity index (χ4v) is 2.55. The van der Waals surface area contributed by atoms with E-state index in [1.54, 1.807) is 0 Å². The number of carbonyl (C=O) groups is 1. The molecule has 0 fully saturated rings. The molecule has 0 aromatic heterocycles. The van der Waals surface area contributed by atoms with Crippen molar-refractivity contribution >= 4 is 16.0 Å². The molecule has 0 aliphatic carbocycles. The molecule has 8 heteroatoms.